The van der Waals surface area contributed by atoms with Crippen molar-refractivity contribution in [3.05, 3.63) is 29.3 Å². The van der Waals surface area contributed by atoms with Crippen LogP contribution in [0.25, 0.3) is 0 Å². The van der Waals surface area contributed by atoms with E-state index in [4.69, 9.17) is 27.9 Å². The van der Waals surface area contributed by atoms with Gasteiger partial charge in [-0.05, 0) is 39.8 Å². The van der Waals surface area contributed by atoms with Crippen LogP contribution in [0.3, 0.4) is 0 Å². The second-order valence-corrected chi connectivity index (χ2v) is 6.69. The van der Waals surface area contributed by atoms with Gasteiger partial charge in [0.25, 0.3) is 0 Å². The van der Waals surface area contributed by atoms with Crippen LogP contribution in [0, 0.1) is 11.8 Å². The number of hydrogen-bond acceptors (Lipinski definition) is 4. The van der Waals surface area contributed by atoms with E-state index in [9.17, 15) is 4.79 Å². The van der Waals surface area contributed by atoms with E-state index in [1.54, 1.807) is 39.8 Å². The third-order valence-corrected chi connectivity index (χ3v) is 3.12. The minimum absolute atomic E-state index is 0.0720. The highest BCUT2D eigenvalue weighted by molar-refractivity contribution is 6.66. The first-order valence-corrected chi connectivity index (χ1v) is 8.08. The molecule has 0 radical (unpaired) electrons. The monoisotopic (exact) mass is 369 g/mol. The van der Waals surface area contributed by atoms with Gasteiger partial charge in [-0.1, -0.05) is 41.3 Å². The van der Waals surface area contributed by atoms with E-state index in [-0.39, 0.29) is 18.3 Å². The molecule has 0 aliphatic heterocycles. The summed E-state index contributed by atoms with van der Waals surface area (Å²) in [6.45, 7) is 7.35. The molecule has 0 spiro atoms. The third-order valence-electron chi connectivity index (χ3n) is 2.59. The van der Waals surface area contributed by atoms with Gasteiger partial charge in [0, 0.05) is 0 Å². The molecule has 1 rings (SSSR count). The first-order valence-electron chi connectivity index (χ1n) is 7.33. The van der Waals surface area contributed by atoms with E-state index in [2.05, 4.69) is 22.4 Å². The largest absolute Gasteiger partial charge is 0.444 e. The lowest BCUT2D eigenvalue weighted by Crippen LogP contribution is -2.39. The number of benzene rings is 1. The summed E-state index contributed by atoms with van der Waals surface area (Å²) < 4.78 is 5.34. The zero-order chi connectivity index (χ0) is 18.2. The molecule has 0 atom stereocenters. The lowest BCUT2D eigenvalue weighted by atomic mass is 10.2. The Balaban J connectivity index is 2.77. The van der Waals surface area contributed by atoms with Crippen molar-refractivity contribution in [3.63, 3.8) is 0 Å². The number of carbonyl (C=O) groups is 1. The molecule has 130 valence electrons. The van der Waals surface area contributed by atoms with Crippen LogP contribution in [-0.2, 0) is 4.74 Å². The van der Waals surface area contributed by atoms with Gasteiger partial charge in [0.15, 0.2) is 0 Å². The van der Waals surface area contributed by atoms with Crippen molar-refractivity contribution >= 4 is 40.2 Å². The van der Waals surface area contributed by atoms with E-state index in [0.717, 1.165) is 0 Å². The SMILES string of the molecule is CC#CCN(C/C(Cl)=N/Nc1ccccc1Cl)C(=O)OC(C)(C)C. The van der Waals surface area contributed by atoms with Crippen LogP contribution in [0.4, 0.5) is 10.5 Å². The Morgan fingerprint density at radius 3 is 2.62 bits per heavy atom. The van der Waals surface area contributed by atoms with Gasteiger partial charge in [0.1, 0.15) is 10.8 Å². The predicted molar refractivity (Wildman–Crippen MR) is 99.6 cm³/mol. The summed E-state index contributed by atoms with van der Waals surface area (Å²) in [5, 5.41) is 4.73. The van der Waals surface area contributed by atoms with Crippen LogP contribution in [0.5, 0.6) is 0 Å². The Labute approximate surface area is 153 Å². The van der Waals surface area contributed by atoms with Crippen molar-refractivity contribution in [1.82, 2.24) is 4.90 Å². The molecule has 1 amide bonds. The standard InChI is InChI=1S/C17H21Cl2N3O2/c1-5-6-11-22(16(23)24-17(2,3)4)12-15(19)21-20-14-10-8-7-9-13(14)18/h7-10,20H,11-12H2,1-4H3/b21-15-. The van der Waals surface area contributed by atoms with Gasteiger partial charge in [-0.25, -0.2) is 4.79 Å². The number of carbonyl (C=O) groups excluding carboxylic acids is 1. The van der Waals surface area contributed by atoms with Crippen molar-refractivity contribution in [3.8, 4) is 11.8 Å². The maximum atomic E-state index is 12.2. The number of ether oxygens (including phenoxy) is 1. The van der Waals surface area contributed by atoms with Crippen LogP contribution in [-0.4, -0.2) is 34.9 Å². The molecule has 0 saturated heterocycles. The van der Waals surface area contributed by atoms with E-state index >= 15 is 0 Å². The number of amides is 1. The molecule has 5 nitrogen and oxygen atoms in total. The molecule has 0 aliphatic carbocycles. The van der Waals surface area contributed by atoms with Gasteiger partial charge >= 0.3 is 6.09 Å². The Hall–Kier alpha value is -1.90. The normalized spacial score (nSPS) is 11.3. The number of nitrogens with zero attached hydrogens (tertiary/aromatic N) is 2. The number of halogens is 2. The van der Waals surface area contributed by atoms with Crippen molar-refractivity contribution in [2.75, 3.05) is 18.5 Å². The van der Waals surface area contributed by atoms with Crippen LogP contribution in [0.15, 0.2) is 29.4 Å². The van der Waals surface area contributed by atoms with E-state index < -0.39 is 11.7 Å². The Morgan fingerprint density at radius 2 is 2.04 bits per heavy atom. The summed E-state index contributed by atoms with van der Waals surface area (Å²) in [6.07, 6.45) is -0.503. The zero-order valence-electron chi connectivity index (χ0n) is 14.2. The molecule has 1 aromatic carbocycles. The van der Waals surface area contributed by atoms with E-state index in [1.807, 2.05) is 12.1 Å². The van der Waals surface area contributed by atoms with E-state index in [0.29, 0.717) is 10.7 Å². The van der Waals surface area contributed by atoms with Gasteiger partial charge < -0.3 is 4.74 Å². The lowest BCUT2D eigenvalue weighted by Gasteiger charge is -2.25. The van der Waals surface area contributed by atoms with Gasteiger partial charge in [0.2, 0.25) is 0 Å². The molecule has 0 bridgehead atoms. The van der Waals surface area contributed by atoms with Crippen LogP contribution < -0.4 is 5.43 Å². The molecule has 24 heavy (non-hydrogen) atoms. The van der Waals surface area contributed by atoms with E-state index in [1.165, 1.54) is 4.90 Å². The summed E-state index contributed by atoms with van der Waals surface area (Å²) in [4.78, 5) is 13.6. The highest BCUT2D eigenvalue weighted by atomic mass is 35.5. The molecular weight excluding hydrogens is 349 g/mol. The minimum Gasteiger partial charge on any atom is -0.444 e. The predicted octanol–water partition coefficient (Wildman–Crippen LogP) is 4.56. The Bertz CT molecular complexity index is 658. The number of hydrazone groups is 1. The van der Waals surface area contributed by atoms with Gasteiger partial charge in [-0.3, -0.25) is 10.3 Å². The maximum absolute atomic E-state index is 12.2. The molecule has 1 aromatic rings. The average Bonchev–Trinajstić information content (AvgIpc) is 2.48. The molecular formula is C17H21Cl2N3O2. The average molecular weight is 370 g/mol. The Kier molecular flexibility index (Phi) is 7.90. The fourth-order valence-corrected chi connectivity index (χ4v) is 1.92. The lowest BCUT2D eigenvalue weighted by molar-refractivity contribution is 0.0303. The third kappa shape index (κ3) is 7.58. The Morgan fingerprint density at radius 1 is 1.38 bits per heavy atom. The summed E-state index contributed by atoms with van der Waals surface area (Å²) in [6, 6.07) is 7.13. The van der Waals surface area contributed by atoms with Gasteiger partial charge in [-0.2, -0.15) is 5.10 Å². The fraction of sp³-hybridized carbons (Fsp3) is 0.412. The molecule has 0 saturated carbocycles. The first kappa shape index (κ1) is 20.1. The summed E-state index contributed by atoms with van der Waals surface area (Å²) in [5.41, 5.74) is 2.79. The number of hydrogen-bond donors (Lipinski definition) is 1. The summed E-state index contributed by atoms with van der Waals surface area (Å²) >= 11 is 12.1. The highest BCUT2D eigenvalue weighted by Gasteiger charge is 2.22. The van der Waals surface area contributed by atoms with Crippen LogP contribution in [0.2, 0.25) is 5.02 Å². The summed E-state index contributed by atoms with van der Waals surface area (Å²) in [7, 11) is 0. The number of rotatable bonds is 5. The maximum Gasteiger partial charge on any atom is 0.411 e. The quantitative estimate of drug-likeness (QED) is 0.470. The molecule has 0 unspecified atom stereocenters. The van der Waals surface area contributed by atoms with Gasteiger partial charge in [0.05, 0.1) is 23.8 Å². The van der Waals surface area contributed by atoms with Crippen molar-refractivity contribution in [1.29, 1.82) is 0 Å². The second kappa shape index (κ2) is 9.41. The second-order valence-electron chi connectivity index (χ2n) is 5.84. The number of para-hydroxylation sites is 1. The topological polar surface area (TPSA) is 53.9 Å². The molecule has 0 aromatic heterocycles. The van der Waals surface area contributed by atoms with Crippen LogP contribution in [0.1, 0.15) is 27.7 Å². The van der Waals surface area contributed by atoms with Crippen molar-refractivity contribution in [2.45, 2.75) is 33.3 Å². The highest BCUT2D eigenvalue weighted by Crippen LogP contribution is 2.20. The van der Waals surface area contributed by atoms with Crippen LogP contribution >= 0.6 is 23.2 Å². The van der Waals surface area contributed by atoms with Gasteiger partial charge in [-0.15, -0.1) is 5.92 Å². The molecule has 0 heterocycles. The number of anilines is 1. The number of nitrogens with one attached hydrogen (secondary N) is 1. The fourth-order valence-electron chi connectivity index (χ4n) is 1.55. The zero-order valence-corrected chi connectivity index (χ0v) is 15.7. The molecule has 0 fully saturated rings. The minimum atomic E-state index is -0.603. The molecule has 1 N–H and O–H groups in total. The molecule has 0 aliphatic rings. The van der Waals surface area contributed by atoms with Crippen molar-refractivity contribution < 1.29 is 9.53 Å². The first-order chi connectivity index (χ1) is 11.2. The van der Waals surface area contributed by atoms with Crippen molar-refractivity contribution in [2.24, 2.45) is 5.10 Å². The smallest absolute Gasteiger partial charge is 0.411 e. The summed E-state index contributed by atoms with van der Waals surface area (Å²) in [5.74, 6) is 5.56. The molecule has 7 heteroatoms.